The Balaban J connectivity index is 1.50. The minimum Gasteiger partial charge on any atom is -0.340 e. The van der Waals surface area contributed by atoms with Crippen LogP contribution in [-0.2, 0) is 0 Å². The van der Waals surface area contributed by atoms with E-state index in [1.807, 2.05) is 68.3 Å². The van der Waals surface area contributed by atoms with Crippen LogP contribution < -0.4 is 10.6 Å². The molecule has 2 aliphatic rings. The van der Waals surface area contributed by atoms with Gasteiger partial charge in [-0.3, -0.25) is 14.9 Å². The highest BCUT2D eigenvalue weighted by atomic mass is 16.2. The van der Waals surface area contributed by atoms with Gasteiger partial charge >= 0.3 is 0 Å². The maximum absolute atomic E-state index is 12.8. The number of aryl methyl sites for hydroxylation is 2. The number of benzene rings is 1. The molecular weight excluding hydrogens is 368 g/mol. The lowest BCUT2D eigenvalue weighted by Gasteiger charge is -2.23. The van der Waals surface area contributed by atoms with Crippen molar-refractivity contribution in [2.75, 3.05) is 12.4 Å². The van der Waals surface area contributed by atoms with Gasteiger partial charge in [0.15, 0.2) is 5.69 Å². The van der Waals surface area contributed by atoms with Crippen molar-refractivity contribution in [3.05, 3.63) is 71.3 Å². The topological polar surface area (TPSA) is 102 Å². The SMILES string of the molecule is Cc1ccc(NC(=O)c2nc[nH]c2C(=O)NC2=NC3C=CC=CC3N2C)c(C)c1. The van der Waals surface area contributed by atoms with Gasteiger partial charge in [0.05, 0.1) is 18.4 Å². The molecule has 1 aromatic heterocycles. The number of guanidine groups is 1. The summed E-state index contributed by atoms with van der Waals surface area (Å²) in [7, 11) is 1.87. The predicted octanol–water partition coefficient (Wildman–Crippen LogP) is 2.17. The number of aromatic amines is 1. The third-order valence-corrected chi connectivity index (χ3v) is 5.07. The molecule has 0 spiro atoms. The summed E-state index contributed by atoms with van der Waals surface area (Å²) in [5.41, 5.74) is 2.83. The molecule has 2 aromatic rings. The molecule has 2 unspecified atom stereocenters. The van der Waals surface area contributed by atoms with Gasteiger partial charge in [-0.2, -0.15) is 0 Å². The zero-order valence-corrected chi connectivity index (χ0v) is 16.4. The van der Waals surface area contributed by atoms with Gasteiger partial charge in [-0.1, -0.05) is 42.0 Å². The summed E-state index contributed by atoms with van der Waals surface area (Å²) in [4.78, 5) is 38.8. The number of anilines is 1. The lowest BCUT2D eigenvalue weighted by molar-refractivity contribution is 0.0951. The lowest BCUT2D eigenvalue weighted by Crippen LogP contribution is -2.44. The first-order chi connectivity index (χ1) is 13.9. The molecule has 2 heterocycles. The average molecular weight is 390 g/mol. The first kappa shape index (κ1) is 18.7. The van der Waals surface area contributed by atoms with Gasteiger partial charge in [0, 0.05) is 12.7 Å². The number of likely N-dealkylation sites (N-methyl/N-ethyl adjacent to an activating group) is 1. The molecule has 0 radical (unpaired) electrons. The number of amides is 2. The van der Waals surface area contributed by atoms with E-state index >= 15 is 0 Å². The van der Waals surface area contributed by atoms with E-state index in [-0.39, 0.29) is 23.5 Å². The first-order valence-electron chi connectivity index (χ1n) is 9.33. The van der Waals surface area contributed by atoms with Crippen LogP contribution in [0.25, 0.3) is 0 Å². The number of carbonyl (C=O) groups excluding carboxylic acids is 2. The van der Waals surface area contributed by atoms with Crippen molar-refractivity contribution < 1.29 is 9.59 Å². The van der Waals surface area contributed by atoms with E-state index in [4.69, 9.17) is 0 Å². The van der Waals surface area contributed by atoms with Gasteiger partial charge in [0.2, 0.25) is 5.96 Å². The Morgan fingerprint density at radius 1 is 1.10 bits per heavy atom. The highest BCUT2D eigenvalue weighted by molar-refractivity contribution is 6.13. The second-order valence-electron chi connectivity index (χ2n) is 7.17. The molecule has 0 fully saturated rings. The number of rotatable bonds is 3. The van der Waals surface area contributed by atoms with E-state index in [1.165, 1.54) is 6.33 Å². The van der Waals surface area contributed by atoms with E-state index in [2.05, 4.69) is 25.6 Å². The van der Waals surface area contributed by atoms with Crippen LogP contribution in [0.3, 0.4) is 0 Å². The fourth-order valence-electron chi connectivity index (χ4n) is 3.49. The van der Waals surface area contributed by atoms with Gasteiger partial charge in [0.25, 0.3) is 11.8 Å². The highest BCUT2D eigenvalue weighted by Crippen LogP contribution is 2.21. The predicted molar refractivity (Wildman–Crippen MR) is 111 cm³/mol. The van der Waals surface area contributed by atoms with Crippen LogP contribution in [0.5, 0.6) is 0 Å². The molecule has 4 rings (SSSR count). The summed E-state index contributed by atoms with van der Waals surface area (Å²) in [6.07, 6.45) is 9.25. The van der Waals surface area contributed by atoms with Crippen molar-refractivity contribution in [2.45, 2.75) is 25.9 Å². The van der Waals surface area contributed by atoms with E-state index in [0.717, 1.165) is 11.1 Å². The van der Waals surface area contributed by atoms with Crippen LogP contribution in [0.2, 0.25) is 0 Å². The number of carbonyl (C=O) groups is 2. The third-order valence-electron chi connectivity index (χ3n) is 5.07. The number of allylic oxidation sites excluding steroid dienone is 2. The van der Waals surface area contributed by atoms with E-state index in [1.54, 1.807) is 0 Å². The van der Waals surface area contributed by atoms with Crippen LogP contribution in [0.15, 0.2) is 53.8 Å². The Kier molecular flexibility index (Phi) is 4.75. The maximum atomic E-state index is 12.8. The minimum absolute atomic E-state index is 0.0286. The van der Waals surface area contributed by atoms with Crippen LogP contribution in [0.4, 0.5) is 5.69 Å². The van der Waals surface area contributed by atoms with Gasteiger partial charge in [-0.05, 0) is 25.5 Å². The van der Waals surface area contributed by atoms with Crippen molar-refractivity contribution >= 4 is 23.5 Å². The summed E-state index contributed by atoms with van der Waals surface area (Å²) in [6.45, 7) is 3.90. The second-order valence-corrected chi connectivity index (χ2v) is 7.17. The van der Waals surface area contributed by atoms with Gasteiger partial charge < -0.3 is 15.2 Å². The zero-order chi connectivity index (χ0) is 20.5. The minimum atomic E-state index is -0.467. The molecule has 0 saturated carbocycles. The quantitative estimate of drug-likeness (QED) is 0.747. The number of nitrogens with zero attached hydrogens (tertiary/aromatic N) is 3. The molecule has 0 saturated heterocycles. The number of fused-ring (bicyclic) bond motifs is 1. The van der Waals surface area contributed by atoms with Crippen LogP contribution >= 0.6 is 0 Å². The van der Waals surface area contributed by atoms with Crippen molar-refractivity contribution in [2.24, 2.45) is 4.99 Å². The molecule has 8 heteroatoms. The number of aliphatic imine (C=N–C) groups is 1. The van der Waals surface area contributed by atoms with E-state index in [0.29, 0.717) is 11.6 Å². The lowest BCUT2D eigenvalue weighted by atomic mass is 10.0. The van der Waals surface area contributed by atoms with Crippen LogP contribution in [0.1, 0.15) is 32.1 Å². The standard InChI is InChI=1S/C21H22N6O2/c1-12-8-9-14(13(2)10-12)24-19(28)17-18(23-11-22-17)20(29)26-21-25-15-6-4-5-7-16(15)27(21)3/h4-11,15-16H,1-3H3,(H,22,23)(H,24,28)(H,25,26,29). The molecule has 2 amide bonds. The summed E-state index contributed by atoms with van der Waals surface area (Å²) in [5, 5.41) is 5.60. The van der Waals surface area contributed by atoms with E-state index < -0.39 is 11.8 Å². The van der Waals surface area contributed by atoms with Gasteiger partial charge in [-0.15, -0.1) is 0 Å². The highest BCUT2D eigenvalue weighted by Gasteiger charge is 2.33. The average Bonchev–Trinajstić information content (AvgIpc) is 3.30. The van der Waals surface area contributed by atoms with Crippen molar-refractivity contribution in [1.29, 1.82) is 0 Å². The Hall–Kier alpha value is -3.68. The first-order valence-corrected chi connectivity index (χ1v) is 9.33. The molecule has 8 nitrogen and oxygen atoms in total. The number of H-pyrrole nitrogens is 1. The fraction of sp³-hybridized carbons (Fsp3) is 0.238. The molecule has 0 bridgehead atoms. The monoisotopic (exact) mass is 390 g/mol. The van der Waals surface area contributed by atoms with Crippen molar-refractivity contribution in [1.82, 2.24) is 20.2 Å². The smallest absolute Gasteiger partial charge is 0.276 e. The number of nitrogens with one attached hydrogen (secondary N) is 3. The molecule has 1 aliphatic heterocycles. The largest absolute Gasteiger partial charge is 0.340 e. The Morgan fingerprint density at radius 2 is 1.90 bits per heavy atom. The van der Waals surface area contributed by atoms with Gasteiger partial charge in [0.1, 0.15) is 5.69 Å². The molecule has 3 N–H and O–H groups in total. The molecule has 148 valence electrons. The summed E-state index contributed by atoms with van der Waals surface area (Å²) >= 11 is 0. The molecule has 1 aliphatic carbocycles. The summed E-state index contributed by atoms with van der Waals surface area (Å²) < 4.78 is 0. The van der Waals surface area contributed by atoms with Crippen LogP contribution in [-0.4, -0.2) is 51.8 Å². The normalized spacial score (nSPS) is 19.7. The zero-order valence-electron chi connectivity index (χ0n) is 16.4. The van der Waals surface area contributed by atoms with Crippen molar-refractivity contribution in [3.8, 4) is 0 Å². The number of hydrogen-bond acceptors (Lipinski definition) is 5. The number of aromatic nitrogens is 2. The number of imidazole rings is 1. The van der Waals surface area contributed by atoms with Crippen LogP contribution in [0, 0.1) is 13.8 Å². The Morgan fingerprint density at radius 3 is 2.66 bits per heavy atom. The molecule has 29 heavy (non-hydrogen) atoms. The maximum Gasteiger partial charge on any atom is 0.276 e. The van der Waals surface area contributed by atoms with Crippen molar-refractivity contribution in [3.63, 3.8) is 0 Å². The Labute approximate surface area is 168 Å². The molecule has 2 atom stereocenters. The van der Waals surface area contributed by atoms with Gasteiger partial charge in [-0.25, -0.2) is 9.98 Å². The number of hydrogen-bond donors (Lipinski definition) is 3. The summed E-state index contributed by atoms with van der Waals surface area (Å²) in [5.74, 6) is -0.466. The summed E-state index contributed by atoms with van der Waals surface area (Å²) in [6, 6.07) is 5.76. The van der Waals surface area contributed by atoms with E-state index in [9.17, 15) is 9.59 Å². The fourth-order valence-corrected chi connectivity index (χ4v) is 3.49. The molecular formula is C21H22N6O2. The third kappa shape index (κ3) is 3.56. The second kappa shape index (κ2) is 7.38. The molecule has 1 aromatic carbocycles. The Bertz CT molecular complexity index is 1060.